The monoisotopic (exact) mass is 356 g/mol. The van der Waals surface area contributed by atoms with Crippen LogP contribution in [0, 0.1) is 5.82 Å². The van der Waals surface area contributed by atoms with Gasteiger partial charge in [0.15, 0.2) is 10.9 Å². The zero-order valence-corrected chi connectivity index (χ0v) is 14.9. The van der Waals surface area contributed by atoms with Gasteiger partial charge in [-0.25, -0.2) is 4.39 Å². The van der Waals surface area contributed by atoms with Gasteiger partial charge in [-0.3, -0.25) is 4.99 Å². The van der Waals surface area contributed by atoms with Crippen molar-refractivity contribution in [3.63, 3.8) is 0 Å². The maximum Gasteiger partial charge on any atom is 0.162 e. The molecule has 0 aliphatic carbocycles. The summed E-state index contributed by atoms with van der Waals surface area (Å²) in [6.45, 7) is 3.65. The molecule has 0 amide bonds. The minimum Gasteiger partial charge on any atom is -0.369 e. The Balaban J connectivity index is 1.87. The molecule has 0 aromatic heterocycles. The predicted molar refractivity (Wildman–Crippen MR) is 100 cm³/mol. The third-order valence-electron chi connectivity index (χ3n) is 5.09. The van der Waals surface area contributed by atoms with Crippen LogP contribution in [0.4, 0.5) is 4.39 Å². The number of fused-ring (bicyclic) bond motifs is 1. The molecule has 0 radical (unpaired) electrons. The third kappa shape index (κ3) is 2.75. The largest absolute Gasteiger partial charge is 0.369 e. The molecule has 1 fully saturated rings. The highest BCUT2D eigenvalue weighted by atomic mass is 32.2. The molecule has 2 aromatic rings. The summed E-state index contributed by atoms with van der Waals surface area (Å²) in [6.07, 6.45) is 0.935. The average Bonchev–Trinajstić information content (AvgIpc) is 2.89. The van der Waals surface area contributed by atoms with Gasteiger partial charge in [-0.1, -0.05) is 54.2 Å². The Hall–Kier alpha value is -1.85. The summed E-state index contributed by atoms with van der Waals surface area (Å²) in [7, 11) is 0. The SMILES string of the molecule is CC1SC2=NCCCN2C1(O)C(c1ccccc1)c1ccc(F)cc1. The van der Waals surface area contributed by atoms with Crippen LogP contribution in [-0.2, 0) is 0 Å². The van der Waals surface area contributed by atoms with E-state index in [1.54, 1.807) is 23.9 Å². The minimum atomic E-state index is -1.09. The van der Waals surface area contributed by atoms with Crippen molar-refractivity contribution in [2.24, 2.45) is 4.99 Å². The average molecular weight is 356 g/mol. The van der Waals surface area contributed by atoms with E-state index in [0.29, 0.717) is 0 Å². The van der Waals surface area contributed by atoms with Crippen LogP contribution in [0.15, 0.2) is 59.6 Å². The van der Waals surface area contributed by atoms with E-state index in [-0.39, 0.29) is 17.0 Å². The van der Waals surface area contributed by atoms with Gasteiger partial charge in [0, 0.05) is 13.1 Å². The molecule has 3 atom stereocenters. The highest BCUT2D eigenvalue weighted by Gasteiger charge is 2.55. The van der Waals surface area contributed by atoms with Crippen LogP contribution >= 0.6 is 11.8 Å². The van der Waals surface area contributed by atoms with Gasteiger partial charge in [0.05, 0.1) is 11.2 Å². The highest BCUT2D eigenvalue weighted by Crippen LogP contribution is 2.49. The molecule has 3 nitrogen and oxygen atoms in total. The zero-order chi connectivity index (χ0) is 17.4. The van der Waals surface area contributed by atoms with E-state index < -0.39 is 5.72 Å². The topological polar surface area (TPSA) is 35.8 Å². The van der Waals surface area contributed by atoms with Crippen LogP contribution in [0.25, 0.3) is 0 Å². The second-order valence-corrected chi connectivity index (χ2v) is 7.92. The summed E-state index contributed by atoms with van der Waals surface area (Å²) in [5, 5.41) is 12.8. The van der Waals surface area contributed by atoms with Crippen molar-refractivity contribution in [1.29, 1.82) is 0 Å². The fourth-order valence-corrected chi connectivity index (χ4v) is 5.14. The Kier molecular flexibility index (Phi) is 4.29. The number of benzene rings is 2. The number of aliphatic imine (C=N–C) groups is 1. The molecular formula is C20H21FN2OS. The van der Waals surface area contributed by atoms with Crippen molar-refractivity contribution in [2.75, 3.05) is 13.1 Å². The van der Waals surface area contributed by atoms with Gasteiger partial charge in [-0.2, -0.15) is 0 Å². The summed E-state index contributed by atoms with van der Waals surface area (Å²) in [5.74, 6) is -0.542. The molecule has 130 valence electrons. The normalized spacial score (nSPS) is 26.9. The van der Waals surface area contributed by atoms with Crippen molar-refractivity contribution in [1.82, 2.24) is 4.90 Å². The molecule has 25 heavy (non-hydrogen) atoms. The van der Waals surface area contributed by atoms with Gasteiger partial charge < -0.3 is 10.0 Å². The number of rotatable bonds is 3. The van der Waals surface area contributed by atoms with Crippen molar-refractivity contribution in [3.8, 4) is 0 Å². The first-order chi connectivity index (χ1) is 12.1. The van der Waals surface area contributed by atoms with E-state index in [1.165, 1.54) is 12.1 Å². The molecule has 0 spiro atoms. The molecule has 2 heterocycles. The summed E-state index contributed by atoms with van der Waals surface area (Å²) in [4.78, 5) is 6.66. The van der Waals surface area contributed by atoms with Gasteiger partial charge >= 0.3 is 0 Å². The summed E-state index contributed by atoms with van der Waals surface area (Å²) in [5.41, 5.74) is 0.841. The van der Waals surface area contributed by atoms with Crippen LogP contribution < -0.4 is 0 Å². The van der Waals surface area contributed by atoms with Crippen LogP contribution in [0.1, 0.15) is 30.4 Å². The lowest BCUT2D eigenvalue weighted by atomic mass is 9.80. The molecule has 1 N–H and O–H groups in total. The Labute approximate surface area is 151 Å². The van der Waals surface area contributed by atoms with Gasteiger partial charge in [-0.15, -0.1) is 0 Å². The predicted octanol–water partition coefficient (Wildman–Crippen LogP) is 3.84. The fourth-order valence-electron chi connectivity index (χ4n) is 3.86. The van der Waals surface area contributed by atoms with Gasteiger partial charge in [0.1, 0.15) is 5.82 Å². The van der Waals surface area contributed by atoms with Crippen LogP contribution in [0.5, 0.6) is 0 Å². The second kappa shape index (κ2) is 6.46. The Morgan fingerprint density at radius 1 is 1.16 bits per heavy atom. The number of hydrogen-bond acceptors (Lipinski definition) is 4. The Morgan fingerprint density at radius 3 is 2.56 bits per heavy atom. The number of aliphatic hydroxyl groups is 1. The quantitative estimate of drug-likeness (QED) is 0.908. The van der Waals surface area contributed by atoms with E-state index in [0.717, 1.165) is 35.8 Å². The standard InChI is InChI=1S/C20H21FN2OS/c1-14-20(24,23-13-5-12-22-19(23)25-14)18(15-6-3-2-4-7-15)16-8-10-17(21)11-9-16/h2-4,6-11,14,18,24H,5,12-13H2,1H3. The van der Waals surface area contributed by atoms with E-state index in [1.807, 2.05) is 42.2 Å². The molecule has 2 aliphatic heterocycles. The van der Waals surface area contributed by atoms with E-state index in [4.69, 9.17) is 0 Å². The number of halogens is 1. The third-order valence-corrected chi connectivity index (χ3v) is 6.35. The van der Waals surface area contributed by atoms with Crippen molar-refractivity contribution in [2.45, 2.75) is 30.2 Å². The molecule has 2 aliphatic rings. The summed E-state index contributed by atoms with van der Waals surface area (Å²) in [6, 6.07) is 16.5. The maximum absolute atomic E-state index is 13.5. The number of nitrogens with zero attached hydrogens (tertiary/aromatic N) is 2. The first-order valence-corrected chi connectivity index (χ1v) is 9.50. The van der Waals surface area contributed by atoms with Crippen molar-refractivity contribution >= 4 is 16.9 Å². The first kappa shape index (κ1) is 16.6. The smallest absolute Gasteiger partial charge is 0.162 e. The highest BCUT2D eigenvalue weighted by molar-refractivity contribution is 8.14. The van der Waals surface area contributed by atoms with E-state index in [2.05, 4.69) is 4.99 Å². The first-order valence-electron chi connectivity index (χ1n) is 8.62. The van der Waals surface area contributed by atoms with Crippen LogP contribution in [-0.4, -0.2) is 39.2 Å². The van der Waals surface area contributed by atoms with Crippen molar-refractivity contribution in [3.05, 3.63) is 71.5 Å². The van der Waals surface area contributed by atoms with Crippen LogP contribution in [0.3, 0.4) is 0 Å². The number of amidine groups is 1. The minimum absolute atomic E-state index is 0.0420. The molecule has 5 heteroatoms. The molecule has 1 saturated heterocycles. The van der Waals surface area contributed by atoms with Crippen LogP contribution in [0.2, 0.25) is 0 Å². The molecule has 0 saturated carbocycles. The van der Waals surface area contributed by atoms with Gasteiger partial charge in [-0.05, 0) is 36.6 Å². The van der Waals surface area contributed by atoms with E-state index >= 15 is 0 Å². The molecular weight excluding hydrogens is 335 g/mol. The lowest BCUT2D eigenvalue weighted by Gasteiger charge is -2.44. The van der Waals surface area contributed by atoms with Gasteiger partial charge in [0.2, 0.25) is 0 Å². The molecule has 4 rings (SSSR count). The molecule has 0 bridgehead atoms. The zero-order valence-electron chi connectivity index (χ0n) is 14.1. The van der Waals surface area contributed by atoms with Crippen molar-refractivity contribution < 1.29 is 9.50 Å². The van der Waals surface area contributed by atoms with E-state index in [9.17, 15) is 9.50 Å². The lowest BCUT2D eigenvalue weighted by Crippen LogP contribution is -2.56. The second-order valence-electron chi connectivity index (χ2n) is 6.61. The Bertz CT molecular complexity index is 780. The number of thioether (sulfide) groups is 1. The summed E-state index contributed by atoms with van der Waals surface area (Å²) < 4.78 is 13.5. The lowest BCUT2D eigenvalue weighted by molar-refractivity contribution is -0.0756. The fraction of sp³-hybridized carbons (Fsp3) is 0.350. The number of hydrogen-bond donors (Lipinski definition) is 1. The summed E-state index contributed by atoms with van der Waals surface area (Å²) >= 11 is 1.63. The Morgan fingerprint density at radius 2 is 1.84 bits per heavy atom. The molecule has 2 aromatic carbocycles. The maximum atomic E-state index is 13.5. The molecule has 3 unspecified atom stereocenters. The van der Waals surface area contributed by atoms with Gasteiger partial charge in [0.25, 0.3) is 0 Å².